The van der Waals surface area contributed by atoms with Gasteiger partial charge in [-0.15, -0.1) is 0 Å². The number of amides is 1. The number of aryl methyl sites for hydroxylation is 1. The fourth-order valence-corrected chi connectivity index (χ4v) is 5.60. The van der Waals surface area contributed by atoms with Crippen molar-refractivity contribution in [2.75, 3.05) is 5.32 Å². The van der Waals surface area contributed by atoms with Gasteiger partial charge in [-0.25, -0.2) is 0 Å². The Balaban J connectivity index is 1.22. The first-order chi connectivity index (χ1) is 17.1. The Bertz CT molecular complexity index is 1400. The van der Waals surface area contributed by atoms with Gasteiger partial charge in [-0.3, -0.25) is 4.79 Å². The van der Waals surface area contributed by atoms with Crippen molar-refractivity contribution in [1.82, 2.24) is 5.32 Å². The van der Waals surface area contributed by atoms with Crippen LogP contribution < -0.4 is 15.4 Å². The number of hydrogen-bond acceptors (Lipinski definition) is 4. The van der Waals surface area contributed by atoms with Crippen LogP contribution in [0.3, 0.4) is 0 Å². The van der Waals surface area contributed by atoms with Crippen LogP contribution in [0.5, 0.6) is 5.75 Å². The van der Waals surface area contributed by atoms with Gasteiger partial charge in [0.2, 0.25) is 0 Å². The van der Waals surface area contributed by atoms with Gasteiger partial charge in [-0.1, -0.05) is 73.3 Å². The molecule has 5 rings (SSSR count). The zero-order valence-corrected chi connectivity index (χ0v) is 22.2. The van der Waals surface area contributed by atoms with E-state index in [2.05, 4.69) is 82.6 Å². The average molecular weight is 593 g/mol. The molecule has 0 radical (unpaired) electrons. The summed E-state index contributed by atoms with van der Waals surface area (Å²) in [7, 11) is 0. The Morgan fingerprint density at radius 1 is 0.971 bits per heavy atom. The standard InChI is InChI=1S/C29H25IN2O2S/c1-2-19-8-12-24(13-9-19)31-29-32-28(33)27(35-29)17-20-10-14-26(25(30)16-20)34-18-21-7-11-22-5-3-4-6-23(22)15-21/h3-17,29,31H,2,18H2,1H3,(H,32,33)/b27-17-/t29-/m0/s1. The lowest BCUT2D eigenvalue weighted by Crippen LogP contribution is -2.30. The second kappa shape index (κ2) is 10.7. The Labute approximate surface area is 223 Å². The summed E-state index contributed by atoms with van der Waals surface area (Å²) in [6.45, 7) is 2.64. The van der Waals surface area contributed by atoms with E-state index in [1.807, 2.05) is 48.5 Å². The van der Waals surface area contributed by atoms with Crippen LogP contribution in [0.4, 0.5) is 5.69 Å². The Kier molecular flexibility index (Phi) is 7.29. The molecule has 1 fully saturated rings. The maximum absolute atomic E-state index is 12.5. The van der Waals surface area contributed by atoms with Gasteiger partial charge >= 0.3 is 0 Å². The highest BCUT2D eigenvalue weighted by Crippen LogP contribution is 2.32. The summed E-state index contributed by atoms with van der Waals surface area (Å²) < 4.78 is 7.10. The summed E-state index contributed by atoms with van der Waals surface area (Å²) in [5.74, 6) is 0.767. The normalized spacial score (nSPS) is 16.5. The van der Waals surface area contributed by atoms with E-state index < -0.39 is 0 Å². The number of hydrogen-bond donors (Lipinski definition) is 2. The van der Waals surface area contributed by atoms with E-state index in [-0.39, 0.29) is 11.4 Å². The van der Waals surface area contributed by atoms with Gasteiger partial charge in [-0.2, -0.15) is 0 Å². The molecule has 2 N–H and O–H groups in total. The fraction of sp³-hybridized carbons (Fsp3) is 0.138. The highest BCUT2D eigenvalue weighted by atomic mass is 127. The maximum Gasteiger partial charge on any atom is 0.260 e. The molecule has 1 aliphatic rings. The quantitative estimate of drug-likeness (QED) is 0.176. The maximum atomic E-state index is 12.5. The Hall–Kier alpha value is -2.97. The summed E-state index contributed by atoms with van der Waals surface area (Å²) in [5.41, 5.74) is 4.19. The number of carbonyl (C=O) groups excluding carboxylic acids is 1. The number of nitrogens with one attached hydrogen (secondary N) is 2. The minimum absolute atomic E-state index is 0.0654. The topological polar surface area (TPSA) is 50.4 Å². The molecular weight excluding hydrogens is 567 g/mol. The van der Waals surface area contributed by atoms with E-state index in [0.29, 0.717) is 11.5 Å². The number of ether oxygens (including phenoxy) is 1. The molecule has 0 saturated carbocycles. The fourth-order valence-electron chi connectivity index (χ4n) is 3.92. The molecule has 0 unspecified atom stereocenters. The molecule has 176 valence electrons. The van der Waals surface area contributed by atoms with Crippen molar-refractivity contribution < 1.29 is 9.53 Å². The predicted octanol–water partition coefficient (Wildman–Crippen LogP) is 7.19. The van der Waals surface area contributed by atoms with Gasteiger partial charge in [0.25, 0.3) is 5.91 Å². The molecule has 0 spiro atoms. The molecule has 0 aliphatic carbocycles. The highest BCUT2D eigenvalue weighted by Gasteiger charge is 2.27. The first-order valence-electron chi connectivity index (χ1n) is 11.5. The van der Waals surface area contributed by atoms with E-state index in [1.165, 1.54) is 28.1 Å². The van der Waals surface area contributed by atoms with Crippen LogP contribution in [0, 0.1) is 3.57 Å². The zero-order valence-electron chi connectivity index (χ0n) is 19.3. The van der Waals surface area contributed by atoms with Crippen LogP contribution in [0.1, 0.15) is 23.6 Å². The molecule has 1 saturated heterocycles. The summed E-state index contributed by atoms with van der Waals surface area (Å²) in [5, 5.41) is 8.80. The molecule has 1 heterocycles. The van der Waals surface area contributed by atoms with Crippen molar-refractivity contribution in [3.63, 3.8) is 0 Å². The predicted molar refractivity (Wildman–Crippen MR) is 154 cm³/mol. The first-order valence-corrected chi connectivity index (χ1v) is 13.5. The summed E-state index contributed by atoms with van der Waals surface area (Å²) in [6.07, 6.45) is 2.94. The second-order valence-electron chi connectivity index (χ2n) is 8.33. The van der Waals surface area contributed by atoms with Crippen LogP contribution in [0.2, 0.25) is 0 Å². The molecular formula is C29H25IN2O2S. The van der Waals surface area contributed by atoms with Crippen molar-refractivity contribution in [1.29, 1.82) is 0 Å². The van der Waals surface area contributed by atoms with Crippen molar-refractivity contribution in [2.24, 2.45) is 0 Å². The average Bonchev–Trinajstić information content (AvgIpc) is 3.22. The third-order valence-corrected chi connectivity index (χ3v) is 7.72. The zero-order chi connectivity index (χ0) is 24.2. The van der Waals surface area contributed by atoms with E-state index in [9.17, 15) is 4.79 Å². The highest BCUT2D eigenvalue weighted by molar-refractivity contribution is 14.1. The second-order valence-corrected chi connectivity index (χ2v) is 10.6. The molecule has 4 nitrogen and oxygen atoms in total. The molecule has 6 heteroatoms. The summed E-state index contributed by atoms with van der Waals surface area (Å²) in [4.78, 5) is 13.2. The largest absolute Gasteiger partial charge is 0.488 e. The molecule has 0 bridgehead atoms. The van der Waals surface area contributed by atoms with E-state index in [4.69, 9.17) is 4.74 Å². The lowest BCUT2D eigenvalue weighted by Gasteiger charge is -2.13. The van der Waals surface area contributed by atoms with Crippen molar-refractivity contribution in [3.8, 4) is 5.75 Å². The Morgan fingerprint density at radius 2 is 1.74 bits per heavy atom. The molecule has 1 atom stereocenters. The minimum atomic E-state index is -0.190. The molecule has 1 amide bonds. The van der Waals surface area contributed by atoms with Gasteiger partial charge in [0.05, 0.1) is 8.48 Å². The van der Waals surface area contributed by atoms with Crippen molar-refractivity contribution >= 4 is 62.8 Å². The monoisotopic (exact) mass is 592 g/mol. The molecule has 4 aromatic rings. The van der Waals surface area contributed by atoms with Gasteiger partial charge in [-0.05, 0) is 92.9 Å². The van der Waals surface area contributed by atoms with E-state index >= 15 is 0 Å². The molecule has 1 aliphatic heterocycles. The number of halogens is 1. The first kappa shape index (κ1) is 23.8. The van der Waals surface area contributed by atoms with Gasteiger partial charge in [0, 0.05) is 5.69 Å². The number of thioether (sulfide) groups is 1. The van der Waals surface area contributed by atoms with Crippen molar-refractivity contribution in [2.45, 2.75) is 25.4 Å². The van der Waals surface area contributed by atoms with Gasteiger partial charge in [0.15, 0.2) is 5.50 Å². The van der Waals surface area contributed by atoms with Crippen molar-refractivity contribution in [3.05, 3.63) is 110 Å². The van der Waals surface area contributed by atoms with Crippen LogP contribution >= 0.6 is 34.4 Å². The number of carbonyl (C=O) groups is 1. The number of fused-ring (bicyclic) bond motifs is 1. The lowest BCUT2D eigenvalue weighted by atomic mass is 10.1. The third-order valence-electron chi connectivity index (χ3n) is 5.85. The van der Waals surface area contributed by atoms with E-state index in [0.717, 1.165) is 32.6 Å². The number of rotatable bonds is 7. The molecule has 35 heavy (non-hydrogen) atoms. The summed E-state index contributed by atoms with van der Waals surface area (Å²) in [6, 6.07) is 29.0. The van der Waals surface area contributed by atoms with Gasteiger partial charge in [0.1, 0.15) is 12.4 Å². The van der Waals surface area contributed by atoms with Crippen LogP contribution in [0.25, 0.3) is 16.8 Å². The third kappa shape index (κ3) is 5.82. The van der Waals surface area contributed by atoms with Crippen LogP contribution in [0.15, 0.2) is 89.8 Å². The van der Waals surface area contributed by atoms with Crippen LogP contribution in [-0.4, -0.2) is 11.4 Å². The molecule has 4 aromatic carbocycles. The summed E-state index contributed by atoms with van der Waals surface area (Å²) >= 11 is 3.78. The smallest absolute Gasteiger partial charge is 0.260 e. The van der Waals surface area contributed by atoms with E-state index in [1.54, 1.807) is 0 Å². The van der Waals surface area contributed by atoms with Crippen LogP contribution in [-0.2, 0) is 17.8 Å². The Morgan fingerprint density at radius 3 is 2.51 bits per heavy atom. The van der Waals surface area contributed by atoms with Gasteiger partial charge < -0.3 is 15.4 Å². The number of anilines is 1. The SMILES string of the molecule is CCc1ccc(N[C@H]2NC(=O)/C(=C/c3ccc(OCc4ccc5ccccc5c4)c(I)c3)S2)cc1. The number of benzene rings is 4. The molecule has 0 aromatic heterocycles. The minimum Gasteiger partial charge on any atom is -0.488 e. The lowest BCUT2D eigenvalue weighted by molar-refractivity contribution is -0.116.